The summed E-state index contributed by atoms with van der Waals surface area (Å²) in [5, 5.41) is 0.153. The molecule has 1 heterocycles. The summed E-state index contributed by atoms with van der Waals surface area (Å²) in [6, 6.07) is 0. The van der Waals surface area contributed by atoms with Gasteiger partial charge in [-0.15, -0.1) is 0 Å². The lowest BCUT2D eigenvalue weighted by molar-refractivity contribution is 0.0843. The van der Waals surface area contributed by atoms with Gasteiger partial charge in [-0.2, -0.15) is 0 Å². The standard InChI is InChI=1S/C9H13ClN2O3/c1-3-6-7(10)12(5-15-4-2)9(14)11-8(6)13/h3-5H2,1-2H3,(H,11,13,14). The second-order valence-corrected chi connectivity index (χ2v) is 3.29. The number of hydrogen-bond acceptors (Lipinski definition) is 3. The summed E-state index contributed by atoms with van der Waals surface area (Å²) in [7, 11) is 0. The molecule has 1 aromatic heterocycles. The first kappa shape index (κ1) is 12.0. The van der Waals surface area contributed by atoms with Crippen molar-refractivity contribution in [2.75, 3.05) is 6.61 Å². The molecule has 0 saturated carbocycles. The smallest absolute Gasteiger partial charge is 0.331 e. The van der Waals surface area contributed by atoms with Crippen LogP contribution in [0.5, 0.6) is 0 Å². The number of aromatic nitrogens is 2. The van der Waals surface area contributed by atoms with Crippen LogP contribution < -0.4 is 11.2 Å². The molecule has 0 aliphatic heterocycles. The largest absolute Gasteiger partial charge is 0.361 e. The number of ether oxygens (including phenoxy) is 1. The Balaban J connectivity index is 3.26. The minimum atomic E-state index is -0.546. The number of halogens is 1. The Labute approximate surface area is 91.6 Å². The van der Waals surface area contributed by atoms with Gasteiger partial charge in [-0.1, -0.05) is 18.5 Å². The summed E-state index contributed by atoms with van der Waals surface area (Å²) in [4.78, 5) is 24.9. The number of hydrogen-bond donors (Lipinski definition) is 1. The number of rotatable bonds is 4. The van der Waals surface area contributed by atoms with E-state index in [1.54, 1.807) is 6.92 Å². The van der Waals surface area contributed by atoms with Gasteiger partial charge < -0.3 is 4.74 Å². The third kappa shape index (κ3) is 2.49. The quantitative estimate of drug-likeness (QED) is 0.779. The van der Waals surface area contributed by atoms with E-state index in [4.69, 9.17) is 16.3 Å². The van der Waals surface area contributed by atoms with E-state index in [1.807, 2.05) is 6.92 Å². The first-order valence-corrected chi connectivity index (χ1v) is 5.08. The van der Waals surface area contributed by atoms with Crippen LogP contribution in [-0.4, -0.2) is 16.2 Å². The van der Waals surface area contributed by atoms with E-state index in [9.17, 15) is 9.59 Å². The van der Waals surface area contributed by atoms with Crippen LogP contribution in [0.1, 0.15) is 19.4 Å². The average molecular weight is 233 g/mol. The number of aromatic amines is 1. The number of H-pyrrole nitrogens is 1. The van der Waals surface area contributed by atoms with Crippen LogP contribution in [0.4, 0.5) is 0 Å². The van der Waals surface area contributed by atoms with E-state index in [1.165, 1.54) is 4.57 Å². The molecule has 0 spiro atoms. The maximum Gasteiger partial charge on any atom is 0.331 e. The van der Waals surface area contributed by atoms with Crippen LogP contribution >= 0.6 is 11.6 Å². The van der Waals surface area contributed by atoms with E-state index in [0.29, 0.717) is 18.6 Å². The molecule has 5 nitrogen and oxygen atoms in total. The fourth-order valence-electron chi connectivity index (χ4n) is 1.19. The Hall–Kier alpha value is -1.07. The van der Waals surface area contributed by atoms with Gasteiger partial charge in [-0.05, 0) is 13.3 Å². The van der Waals surface area contributed by atoms with Gasteiger partial charge in [0.2, 0.25) is 0 Å². The van der Waals surface area contributed by atoms with Crippen molar-refractivity contribution >= 4 is 11.6 Å². The molecule has 0 aliphatic rings. The van der Waals surface area contributed by atoms with Gasteiger partial charge in [0.15, 0.2) is 0 Å². The average Bonchev–Trinajstić information content (AvgIpc) is 2.17. The summed E-state index contributed by atoms with van der Waals surface area (Å²) in [6.07, 6.45) is 0.473. The second-order valence-electron chi connectivity index (χ2n) is 2.93. The molecule has 0 aliphatic carbocycles. The molecule has 0 unspecified atom stereocenters. The highest BCUT2D eigenvalue weighted by molar-refractivity contribution is 6.30. The Bertz CT molecular complexity index is 450. The van der Waals surface area contributed by atoms with E-state index < -0.39 is 11.2 Å². The van der Waals surface area contributed by atoms with E-state index in [0.717, 1.165) is 0 Å². The highest BCUT2D eigenvalue weighted by Crippen LogP contribution is 2.09. The van der Waals surface area contributed by atoms with Crippen LogP contribution in [-0.2, 0) is 17.9 Å². The SMILES string of the molecule is CCOCn1c(Cl)c(CC)c(=O)[nH]c1=O. The maximum atomic E-state index is 11.4. The van der Waals surface area contributed by atoms with E-state index in [2.05, 4.69) is 4.98 Å². The Morgan fingerprint density at radius 1 is 1.40 bits per heavy atom. The molecule has 1 N–H and O–H groups in total. The summed E-state index contributed by atoms with van der Waals surface area (Å²) in [5.74, 6) is 0. The molecular weight excluding hydrogens is 220 g/mol. The Morgan fingerprint density at radius 2 is 2.07 bits per heavy atom. The normalized spacial score (nSPS) is 10.6. The molecule has 0 bridgehead atoms. The molecule has 0 saturated heterocycles. The van der Waals surface area contributed by atoms with Crippen LogP contribution in [0.3, 0.4) is 0 Å². The Kier molecular flexibility index (Phi) is 4.11. The molecule has 1 rings (SSSR count). The summed E-state index contributed by atoms with van der Waals surface area (Å²) in [6.45, 7) is 4.14. The predicted octanol–water partition coefficient (Wildman–Crippen LogP) is 0.746. The third-order valence-electron chi connectivity index (χ3n) is 2.00. The zero-order valence-electron chi connectivity index (χ0n) is 8.67. The molecule has 0 atom stereocenters. The molecular formula is C9H13ClN2O3. The predicted molar refractivity (Wildman–Crippen MR) is 57.3 cm³/mol. The van der Waals surface area contributed by atoms with Crippen LogP contribution in [0, 0.1) is 0 Å². The molecule has 84 valence electrons. The van der Waals surface area contributed by atoms with Gasteiger partial charge in [0, 0.05) is 6.61 Å². The lowest BCUT2D eigenvalue weighted by Crippen LogP contribution is -2.33. The van der Waals surface area contributed by atoms with Crippen molar-refractivity contribution in [2.24, 2.45) is 0 Å². The van der Waals surface area contributed by atoms with Gasteiger partial charge in [0.25, 0.3) is 5.56 Å². The molecule has 0 amide bonds. The number of nitrogens with one attached hydrogen (secondary N) is 1. The lowest BCUT2D eigenvalue weighted by atomic mass is 10.3. The first-order chi connectivity index (χ1) is 7.11. The second kappa shape index (κ2) is 5.14. The molecule has 15 heavy (non-hydrogen) atoms. The Morgan fingerprint density at radius 3 is 2.60 bits per heavy atom. The van der Waals surface area contributed by atoms with Gasteiger partial charge in [-0.3, -0.25) is 14.3 Å². The zero-order chi connectivity index (χ0) is 11.4. The lowest BCUT2D eigenvalue weighted by Gasteiger charge is -2.09. The van der Waals surface area contributed by atoms with Gasteiger partial charge >= 0.3 is 5.69 Å². The highest BCUT2D eigenvalue weighted by atomic mass is 35.5. The van der Waals surface area contributed by atoms with Crippen molar-refractivity contribution in [1.82, 2.24) is 9.55 Å². The summed E-state index contributed by atoms with van der Waals surface area (Å²) >= 11 is 5.92. The molecule has 1 aromatic rings. The van der Waals surface area contributed by atoms with E-state index >= 15 is 0 Å². The van der Waals surface area contributed by atoms with Crippen molar-refractivity contribution in [3.05, 3.63) is 31.6 Å². The molecule has 0 radical (unpaired) electrons. The van der Waals surface area contributed by atoms with Crippen LogP contribution in [0.15, 0.2) is 9.59 Å². The molecule has 0 fully saturated rings. The van der Waals surface area contributed by atoms with Crippen molar-refractivity contribution in [3.63, 3.8) is 0 Å². The minimum absolute atomic E-state index is 0.0535. The third-order valence-corrected chi connectivity index (χ3v) is 2.44. The zero-order valence-corrected chi connectivity index (χ0v) is 9.43. The van der Waals surface area contributed by atoms with Crippen LogP contribution in [0.2, 0.25) is 5.15 Å². The van der Waals surface area contributed by atoms with Gasteiger partial charge in [0.1, 0.15) is 11.9 Å². The maximum absolute atomic E-state index is 11.4. The van der Waals surface area contributed by atoms with Crippen LogP contribution in [0.25, 0.3) is 0 Å². The van der Waals surface area contributed by atoms with E-state index in [-0.39, 0.29) is 11.9 Å². The van der Waals surface area contributed by atoms with Crippen molar-refractivity contribution < 1.29 is 4.74 Å². The highest BCUT2D eigenvalue weighted by Gasteiger charge is 2.10. The van der Waals surface area contributed by atoms with Gasteiger partial charge in [0.05, 0.1) is 5.56 Å². The summed E-state index contributed by atoms with van der Waals surface area (Å²) in [5.41, 5.74) is -0.577. The first-order valence-electron chi connectivity index (χ1n) is 4.71. The van der Waals surface area contributed by atoms with Crippen molar-refractivity contribution in [2.45, 2.75) is 27.0 Å². The van der Waals surface area contributed by atoms with Gasteiger partial charge in [-0.25, -0.2) is 4.79 Å². The fraction of sp³-hybridized carbons (Fsp3) is 0.556. The monoisotopic (exact) mass is 232 g/mol. The van der Waals surface area contributed by atoms with Crippen molar-refractivity contribution in [3.8, 4) is 0 Å². The topological polar surface area (TPSA) is 64.1 Å². The fourth-order valence-corrected chi connectivity index (χ4v) is 1.54. The minimum Gasteiger partial charge on any atom is -0.361 e. The van der Waals surface area contributed by atoms with Crippen molar-refractivity contribution in [1.29, 1.82) is 0 Å². The molecule has 0 aromatic carbocycles. The summed E-state index contributed by atoms with van der Waals surface area (Å²) < 4.78 is 6.28. The molecule has 6 heteroatoms. The number of nitrogens with zero attached hydrogens (tertiary/aromatic N) is 1.